The molecular formula is C24H36N4O6. The number of alkyl carbamates (subject to hydrolysis) is 1. The monoisotopic (exact) mass is 476 g/mol. The maximum Gasteiger partial charge on any atom is 0.407 e. The summed E-state index contributed by atoms with van der Waals surface area (Å²) in [7, 11) is 0. The number of rotatable bonds is 9. The molecule has 1 aromatic rings. The van der Waals surface area contributed by atoms with Crippen LogP contribution in [0.2, 0.25) is 0 Å². The van der Waals surface area contributed by atoms with Crippen LogP contribution in [0.3, 0.4) is 0 Å². The standard InChI is InChI=1S/C24H36N4O6/c1-5-33-19-10-8-17(9-11-19)21(30)27-15-20(29)28-14-6-7-18(16-28)22(31)25-12-13-26-23(32)34-24(2,3)4/h8-11,18H,5-7,12-16H2,1-4H3,(H,25,31)(H,26,32)(H,27,30). The largest absolute Gasteiger partial charge is 0.494 e. The molecule has 0 aliphatic carbocycles. The fourth-order valence-electron chi connectivity index (χ4n) is 3.47. The number of piperidine rings is 1. The molecule has 1 heterocycles. The second kappa shape index (κ2) is 12.8. The van der Waals surface area contributed by atoms with Crippen molar-refractivity contribution in [1.82, 2.24) is 20.9 Å². The second-order valence-corrected chi connectivity index (χ2v) is 9.04. The number of likely N-dealkylation sites (tertiary alicyclic amines) is 1. The zero-order valence-electron chi connectivity index (χ0n) is 20.4. The van der Waals surface area contributed by atoms with E-state index in [-0.39, 0.29) is 43.3 Å². The summed E-state index contributed by atoms with van der Waals surface area (Å²) in [6.07, 6.45) is 0.837. The van der Waals surface area contributed by atoms with E-state index in [1.165, 1.54) is 0 Å². The van der Waals surface area contributed by atoms with E-state index in [2.05, 4.69) is 16.0 Å². The number of ether oxygens (including phenoxy) is 2. The van der Waals surface area contributed by atoms with Gasteiger partial charge in [0.2, 0.25) is 11.8 Å². The van der Waals surface area contributed by atoms with Gasteiger partial charge in [-0.2, -0.15) is 0 Å². The minimum Gasteiger partial charge on any atom is -0.494 e. The zero-order valence-corrected chi connectivity index (χ0v) is 20.4. The molecule has 188 valence electrons. The third kappa shape index (κ3) is 9.29. The van der Waals surface area contributed by atoms with Crippen molar-refractivity contribution >= 4 is 23.8 Å². The first-order chi connectivity index (χ1) is 16.1. The van der Waals surface area contributed by atoms with Gasteiger partial charge in [-0.05, 0) is 64.8 Å². The number of benzene rings is 1. The number of nitrogens with zero attached hydrogens (tertiary/aromatic N) is 1. The van der Waals surface area contributed by atoms with E-state index in [1.54, 1.807) is 49.9 Å². The van der Waals surface area contributed by atoms with Crippen molar-refractivity contribution in [3.63, 3.8) is 0 Å². The Morgan fingerprint density at radius 3 is 2.35 bits per heavy atom. The second-order valence-electron chi connectivity index (χ2n) is 9.04. The van der Waals surface area contributed by atoms with E-state index in [1.807, 2.05) is 6.92 Å². The van der Waals surface area contributed by atoms with Crippen LogP contribution in [0.4, 0.5) is 4.79 Å². The predicted molar refractivity (Wildman–Crippen MR) is 126 cm³/mol. The van der Waals surface area contributed by atoms with Gasteiger partial charge in [-0.3, -0.25) is 14.4 Å². The maximum atomic E-state index is 12.6. The lowest BCUT2D eigenvalue weighted by atomic mass is 9.97. The summed E-state index contributed by atoms with van der Waals surface area (Å²) in [5.41, 5.74) is -0.147. The first-order valence-electron chi connectivity index (χ1n) is 11.6. The topological polar surface area (TPSA) is 126 Å². The van der Waals surface area contributed by atoms with E-state index in [0.29, 0.717) is 43.9 Å². The average molecular weight is 477 g/mol. The Morgan fingerprint density at radius 1 is 1.03 bits per heavy atom. The van der Waals surface area contributed by atoms with Gasteiger partial charge in [0.15, 0.2) is 0 Å². The molecule has 10 heteroatoms. The van der Waals surface area contributed by atoms with Crippen molar-refractivity contribution in [3.05, 3.63) is 29.8 Å². The van der Waals surface area contributed by atoms with Crippen LogP contribution in [-0.4, -0.2) is 73.6 Å². The Kier molecular flexibility index (Phi) is 10.2. The normalized spacial score (nSPS) is 15.8. The molecule has 1 aliphatic rings. The summed E-state index contributed by atoms with van der Waals surface area (Å²) in [5, 5.41) is 8.01. The average Bonchev–Trinajstić information content (AvgIpc) is 2.79. The minimum absolute atomic E-state index is 0.139. The molecule has 1 fully saturated rings. The van der Waals surface area contributed by atoms with Gasteiger partial charge in [0.25, 0.3) is 5.91 Å². The summed E-state index contributed by atoms with van der Waals surface area (Å²) >= 11 is 0. The fourth-order valence-corrected chi connectivity index (χ4v) is 3.47. The summed E-state index contributed by atoms with van der Waals surface area (Å²) in [4.78, 5) is 50.6. The third-order valence-electron chi connectivity index (χ3n) is 5.07. The molecule has 1 unspecified atom stereocenters. The number of nitrogens with one attached hydrogen (secondary N) is 3. The lowest BCUT2D eigenvalue weighted by Crippen LogP contribution is -2.49. The molecule has 1 aliphatic heterocycles. The molecular weight excluding hydrogens is 440 g/mol. The van der Waals surface area contributed by atoms with Crippen LogP contribution >= 0.6 is 0 Å². The van der Waals surface area contributed by atoms with E-state index in [9.17, 15) is 19.2 Å². The molecule has 0 bridgehead atoms. The van der Waals surface area contributed by atoms with Crippen molar-refractivity contribution in [2.24, 2.45) is 5.92 Å². The van der Waals surface area contributed by atoms with Crippen LogP contribution in [0.5, 0.6) is 5.75 Å². The van der Waals surface area contributed by atoms with Crippen LogP contribution in [-0.2, 0) is 14.3 Å². The smallest absolute Gasteiger partial charge is 0.407 e. The number of carbonyl (C=O) groups excluding carboxylic acids is 4. The van der Waals surface area contributed by atoms with Crippen LogP contribution in [0.25, 0.3) is 0 Å². The first-order valence-corrected chi connectivity index (χ1v) is 11.6. The number of carbonyl (C=O) groups is 4. The van der Waals surface area contributed by atoms with Crippen molar-refractivity contribution < 1.29 is 28.7 Å². The van der Waals surface area contributed by atoms with Gasteiger partial charge < -0.3 is 30.3 Å². The number of amides is 4. The van der Waals surface area contributed by atoms with Crippen molar-refractivity contribution in [2.75, 3.05) is 39.3 Å². The molecule has 0 spiro atoms. The SMILES string of the molecule is CCOc1ccc(C(=O)NCC(=O)N2CCCC(C(=O)NCCNC(=O)OC(C)(C)C)C2)cc1. The van der Waals surface area contributed by atoms with Gasteiger partial charge in [-0.15, -0.1) is 0 Å². The highest BCUT2D eigenvalue weighted by Crippen LogP contribution is 2.17. The molecule has 0 radical (unpaired) electrons. The van der Waals surface area contributed by atoms with Gasteiger partial charge in [0.05, 0.1) is 19.1 Å². The Bertz CT molecular complexity index is 850. The van der Waals surface area contributed by atoms with E-state index < -0.39 is 11.7 Å². The predicted octanol–water partition coefficient (Wildman–Crippen LogP) is 1.69. The minimum atomic E-state index is -0.584. The van der Waals surface area contributed by atoms with Crippen LogP contribution in [0.15, 0.2) is 24.3 Å². The quantitative estimate of drug-likeness (QED) is 0.466. The Hall–Kier alpha value is -3.30. The molecule has 10 nitrogen and oxygen atoms in total. The Labute approximate surface area is 200 Å². The van der Waals surface area contributed by atoms with Gasteiger partial charge in [0.1, 0.15) is 11.4 Å². The molecule has 2 rings (SSSR count). The van der Waals surface area contributed by atoms with E-state index >= 15 is 0 Å². The highest BCUT2D eigenvalue weighted by atomic mass is 16.6. The van der Waals surface area contributed by atoms with Gasteiger partial charge in [-0.1, -0.05) is 0 Å². The van der Waals surface area contributed by atoms with Gasteiger partial charge in [-0.25, -0.2) is 4.79 Å². The molecule has 4 amide bonds. The highest BCUT2D eigenvalue weighted by molar-refractivity contribution is 5.96. The fraction of sp³-hybridized carbons (Fsp3) is 0.583. The summed E-state index contributed by atoms with van der Waals surface area (Å²) in [5.74, 6) is -0.403. The Morgan fingerprint density at radius 2 is 1.71 bits per heavy atom. The van der Waals surface area contributed by atoms with Gasteiger partial charge in [0, 0.05) is 31.7 Å². The number of hydrogen-bond donors (Lipinski definition) is 3. The highest BCUT2D eigenvalue weighted by Gasteiger charge is 2.28. The first kappa shape index (κ1) is 26.9. The van der Waals surface area contributed by atoms with Crippen molar-refractivity contribution in [1.29, 1.82) is 0 Å². The molecule has 0 aromatic heterocycles. The summed E-state index contributed by atoms with van der Waals surface area (Å²) in [6.45, 7) is 8.95. The third-order valence-corrected chi connectivity index (χ3v) is 5.07. The van der Waals surface area contributed by atoms with Crippen LogP contribution < -0.4 is 20.7 Å². The Balaban J connectivity index is 1.72. The van der Waals surface area contributed by atoms with Gasteiger partial charge >= 0.3 is 6.09 Å². The van der Waals surface area contributed by atoms with Crippen molar-refractivity contribution in [3.8, 4) is 5.75 Å². The molecule has 34 heavy (non-hydrogen) atoms. The molecule has 1 saturated heterocycles. The summed E-state index contributed by atoms with van der Waals surface area (Å²) < 4.78 is 10.5. The lowest BCUT2D eigenvalue weighted by Gasteiger charge is -2.32. The lowest BCUT2D eigenvalue weighted by molar-refractivity contribution is -0.134. The molecule has 3 N–H and O–H groups in total. The molecule has 1 atom stereocenters. The van der Waals surface area contributed by atoms with E-state index in [0.717, 1.165) is 0 Å². The van der Waals surface area contributed by atoms with Crippen LogP contribution in [0.1, 0.15) is 50.9 Å². The number of hydrogen-bond acceptors (Lipinski definition) is 6. The summed E-state index contributed by atoms with van der Waals surface area (Å²) in [6, 6.07) is 6.70. The van der Waals surface area contributed by atoms with Crippen LogP contribution in [0, 0.1) is 5.92 Å². The molecule has 0 saturated carbocycles. The van der Waals surface area contributed by atoms with Crippen molar-refractivity contribution in [2.45, 2.75) is 46.1 Å². The zero-order chi connectivity index (χ0) is 25.1. The van der Waals surface area contributed by atoms with E-state index in [4.69, 9.17) is 9.47 Å². The molecule has 1 aromatic carbocycles. The maximum absolute atomic E-state index is 12.6.